The van der Waals surface area contributed by atoms with E-state index >= 15 is 0 Å². The van der Waals surface area contributed by atoms with Crippen LogP contribution >= 0.6 is 11.6 Å². The quantitative estimate of drug-likeness (QED) is 0.567. The Kier molecular flexibility index (Phi) is 6.35. The average Bonchev–Trinajstić information content (AvgIpc) is 2.48. The van der Waals surface area contributed by atoms with Crippen LogP contribution in [-0.4, -0.2) is 5.38 Å². The summed E-state index contributed by atoms with van der Waals surface area (Å²) in [6.45, 7) is 2.26. The molecular weight excluding hydrogens is 271 g/mol. The Labute approximate surface area is 127 Å². The average molecular weight is 297 g/mol. The third-order valence-electron chi connectivity index (χ3n) is 4.74. The van der Waals surface area contributed by atoms with E-state index in [1.165, 1.54) is 51.0 Å². The molecule has 0 N–H and O–H groups in total. The summed E-state index contributed by atoms with van der Waals surface area (Å²) in [7, 11) is 0. The maximum absolute atomic E-state index is 13.7. The van der Waals surface area contributed by atoms with E-state index in [1.54, 1.807) is 6.07 Å². The van der Waals surface area contributed by atoms with Crippen LogP contribution < -0.4 is 0 Å². The van der Waals surface area contributed by atoms with Crippen molar-refractivity contribution in [3.8, 4) is 0 Å². The molecule has 0 nitrogen and oxygen atoms in total. The summed E-state index contributed by atoms with van der Waals surface area (Å²) in [6.07, 6.45) is 9.76. The molecule has 1 aromatic rings. The molecule has 112 valence electrons. The van der Waals surface area contributed by atoms with Gasteiger partial charge >= 0.3 is 0 Å². The summed E-state index contributed by atoms with van der Waals surface area (Å²) in [5, 5.41) is 0.0824. The zero-order valence-corrected chi connectivity index (χ0v) is 13.2. The monoisotopic (exact) mass is 296 g/mol. The molecule has 0 spiro atoms. The van der Waals surface area contributed by atoms with Crippen molar-refractivity contribution < 1.29 is 4.39 Å². The van der Waals surface area contributed by atoms with E-state index in [0.717, 1.165) is 11.5 Å². The van der Waals surface area contributed by atoms with Gasteiger partial charge in [0.1, 0.15) is 5.82 Å². The molecule has 0 aliphatic heterocycles. The second kappa shape index (κ2) is 8.02. The van der Waals surface area contributed by atoms with Gasteiger partial charge in [0.2, 0.25) is 0 Å². The first-order valence-electron chi connectivity index (χ1n) is 8.08. The molecular formula is C18H26ClF. The summed E-state index contributed by atoms with van der Waals surface area (Å²) in [4.78, 5) is 0. The predicted octanol–water partition coefficient (Wildman–Crippen LogP) is 5.97. The van der Waals surface area contributed by atoms with Gasteiger partial charge in [-0.2, -0.15) is 0 Å². The maximum Gasteiger partial charge on any atom is 0.126 e. The second-order valence-electron chi connectivity index (χ2n) is 6.23. The molecule has 2 rings (SSSR count). The number of alkyl halides is 1. The minimum absolute atomic E-state index is 0.0824. The number of benzene rings is 1. The molecule has 2 heteroatoms. The third-order valence-corrected chi connectivity index (χ3v) is 5.25. The van der Waals surface area contributed by atoms with Crippen LogP contribution in [0, 0.1) is 17.7 Å². The lowest BCUT2D eigenvalue weighted by molar-refractivity contribution is 0.252. The zero-order valence-electron chi connectivity index (χ0n) is 12.5. The fourth-order valence-electron chi connectivity index (χ4n) is 3.37. The zero-order chi connectivity index (χ0) is 14.4. The highest BCUT2D eigenvalue weighted by Crippen LogP contribution is 2.36. The van der Waals surface area contributed by atoms with Crippen molar-refractivity contribution in [2.45, 2.75) is 63.7 Å². The van der Waals surface area contributed by atoms with Gasteiger partial charge in [-0.05, 0) is 42.7 Å². The third kappa shape index (κ3) is 4.48. The summed E-state index contributed by atoms with van der Waals surface area (Å²) < 4.78 is 13.7. The van der Waals surface area contributed by atoms with Crippen molar-refractivity contribution >= 4 is 11.6 Å². The summed E-state index contributed by atoms with van der Waals surface area (Å²) >= 11 is 6.55. The van der Waals surface area contributed by atoms with Crippen LogP contribution in [0.2, 0.25) is 0 Å². The van der Waals surface area contributed by atoms with Crippen LogP contribution in [-0.2, 0) is 6.42 Å². The van der Waals surface area contributed by atoms with Gasteiger partial charge in [0, 0.05) is 5.38 Å². The van der Waals surface area contributed by atoms with Crippen molar-refractivity contribution in [3.05, 3.63) is 35.6 Å². The molecule has 1 unspecified atom stereocenters. The lowest BCUT2D eigenvalue weighted by Gasteiger charge is -2.31. The molecule has 1 fully saturated rings. The van der Waals surface area contributed by atoms with E-state index in [0.29, 0.717) is 12.3 Å². The fourth-order valence-corrected chi connectivity index (χ4v) is 3.79. The number of hydrogen-bond acceptors (Lipinski definition) is 0. The van der Waals surface area contributed by atoms with Crippen LogP contribution in [0.3, 0.4) is 0 Å². The first-order chi connectivity index (χ1) is 9.70. The Morgan fingerprint density at radius 3 is 2.55 bits per heavy atom. The minimum Gasteiger partial charge on any atom is -0.207 e. The molecule has 0 radical (unpaired) electrons. The molecule has 0 amide bonds. The van der Waals surface area contributed by atoms with Crippen LogP contribution in [0.15, 0.2) is 24.3 Å². The first kappa shape index (κ1) is 15.8. The molecule has 1 atom stereocenters. The maximum atomic E-state index is 13.7. The van der Waals surface area contributed by atoms with Gasteiger partial charge in [-0.15, -0.1) is 11.6 Å². The smallest absolute Gasteiger partial charge is 0.126 e. The SMILES string of the molecule is CCCCC1CCC(C(Cl)Cc2ccccc2F)CC1. The van der Waals surface area contributed by atoms with E-state index in [4.69, 9.17) is 11.6 Å². The molecule has 0 heterocycles. The van der Waals surface area contributed by atoms with E-state index in [-0.39, 0.29) is 11.2 Å². The standard InChI is InChI=1S/C18H26ClF/c1-2-3-6-14-9-11-15(12-10-14)17(19)13-16-7-4-5-8-18(16)20/h4-5,7-8,14-15,17H,2-3,6,9-13H2,1H3. The summed E-state index contributed by atoms with van der Waals surface area (Å²) in [5.74, 6) is 1.35. The Balaban J connectivity index is 1.80. The molecule has 1 aliphatic rings. The molecule has 0 aromatic heterocycles. The molecule has 1 saturated carbocycles. The molecule has 1 aromatic carbocycles. The number of halogens is 2. The highest BCUT2D eigenvalue weighted by molar-refractivity contribution is 6.20. The van der Waals surface area contributed by atoms with Crippen molar-refractivity contribution in [1.82, 2.24) is 0 Å². The van der Waals surface area contributed by atoms with Gasteiger partial charge in [-0.3, -0.25) is 0 Å². The number of hydrogen-bond donors (Lipinski definition) is 0. The highest BCUT2D eigenvalue weighted by atomic mass is 35.5. The Morgan fingerprint density at radius 2 is 1.90 bits per heavy atom. The van der Waals surface area contributed by atoms with Gasteiger partial charge in [0.05, 0.1) is 0 Å². The molecule has 1 aliphatic carbocycles. The Morgan fingerprint density at radius 1 is 1.20 bits per heavy atom. The van der Waals surface area contributed by atoms with Crippen LogP contribution in [0.25, 0.3) is 0 Å². The molecule has 0 saturated heterocycles. The van der Waals surface area contributed by atoms with Gasteiger partial charge < -0.3 is 0 Å². The first-order valence-corrected chi connectivity index (χ1v) is 8.51. The van der Waals surface area contributed by atoms with Gasteiger partial charge in [0.15, 0.2) is 0 Å². The molecule has 20 heavy (non-hydrogen) atoms. The normalized spacial score (nSPS) is 24.6. The largest absolute Gasteiger partial charge is 0.207 e. The predicted molar refractivity (Wildman–Crippen MR) is 84.7 cm³/mol. The minimum atomic E-state index is -0.116. The van der Waals surface area contributed by atoms with Crippen molar-refractivity contribution in [2.75, 3.05) is 0 Å². The van der Waals surface area contributed by atoms with E-state index in [9.17, 15) is 4.39 Å². The van der Waals surface area contributed by atoms with E-state index in [1.807, 2.05) is 12.1 Å². The van der Waals surface area contributed by atoms with Crippen molar-refractivity contribution in [2.24, 2.45) is 11.8 Å². The summed E-state index contributed by atoms with van der Waals surface area (Å²) in [5.41, 5.74) is 0.764. The number of rotatable bonds is 6. The Hall–Kier alpha value is -0.560. The van der Waals surface area contributed by atoms with Gasteiger partial charge in [0.25, 0.3) is 0 Å². The molecule has 0 bridgehead atoms. The van der Waals surface area contributed by atoms with Crippen molar-refractivity contribution in [1.29, 1.82) is 0 Å². The fraction of sp³-hybridized carbons (Fsp3) is 0.667. The lowest BCUT2D eigenvalue weighted by Crippen LogP contribution is -2.24. The van der Waals surface area contributed by atoms with Crippen molar-refractivity contribution in [3.63, 3.8) is 0 Å². The van der Waals surface area contributed by atoms with Crippen LogP contribution in [0.5, 0.6) is 0 Å². The second-order valence-corrected chi connectivity index (χ2v) is 6.80. The Bertz CT molecular complexity index is 396. The van der Waals surface area contributed by atoms with Crippen LogP contribution in [0.4, 0.5) is 4.39 Å². The topological polar surface area (TPSA) is 0 Å². The van der Waals surface area contributed by atoms with Crippen LogP contribution in [0.1, 0.15) is 57.4 Å². The highest BCUT2D eigenvalue weighted by Gasteiger charge is 2.26. The van der Waals surface area contributed by atoms with E-state index < -0.39 is 0 Å². The lowest BCUT2D eigenvalue weighted by atomic mass is 9.77. The number of unbranched alkanes of at least 4 members (excludes halogenated alkanes) is 1. The van der Waals surface area contributed by atoms with Gasteiger partial charge in [-0.1, -0.05) is 57.2 Å². The van der Waals surface area contributed by atoms with Gasteiger partial charge in [-0.25, -0.2) is 4.39 Å². The summed E-state index contributed by atoms with van der Waals surface area (Å²) in [6, 6.07) is 7.02. The van der Waals surface area contributed by atoms with E-state index in [2.05, 4.69) is 6.92 Å².